The number of hydrogen-bond acceptors (Lipinski definition) is 4. The fourth-order valence-corrected chi connectivity index (χ4v) is 3.24. The molecule has 21 heavy (non-hydrogen) atoms. The van der Waals surface area contributed by atoms with Crippen LogP contribution < -0.4 is 9.46 Å². The van der Waals surface area contributed by atoms with Crippen LogP contribution >= 0.6 is 15.9 Å². The molecular formula is C14H15BrN2O3S. The Morgan fingerprint density at radius 3 is 2.43 bits per heavy atom. The number of rotatable bonds is 5. The van der Waals surface area contributed by atoms with Gasteiger partial charge in [0.2, 0.25) is 0 Å². The second-order valence-electron chi connectivity index (χ2n) is 4.28. The molecule has 2 aromatic rings. The number of benzene rings is 1. The van der Waals surface area contributed by atoms with Gasteiger partial charge in [0.05, 0.1) is 22.9 Å². The average Bonchev–Trinajstić information content (AvgIpc) is 2.43. The van der Waals surface area contributed by atoms with Crippen LogP contribution in [0.15, 0.2) is 45.9 Å². The molecule has 2 rings (SSSR count). The van der Waals surface area contributed by atoms with Gasteiger partial charge in [-0.2, -0.15) is 0 Å². The van der Waals surface area contributed by atoms with Crippen LogP contribution in [-0.2, 0) is 10.0 Å². The van der Waals surface area contributed by atoms with Gasteiger partial charge in [0.25, 0.3) is 10.0 Å². The minimum atomic E-state index is -3.64. The van der Waals surface area contributed by atoms with Gasteiger partial charge in [-0.15, -0.1) is 0 Å². The van der Waals surface area contributed by atoms with Crippen LogP contribution in [-0.4, -0.2) is 20.0 Å². The summed E-state index contributed by atoms with van der Waals surface area (Å²) in [5.74, 6) is 0.637. The zero-order valence-corrected chi connectivity index (χ0v) is 14.0. The zero-order valence-electron chi connectivity index (χ0n) is 11.6. The first-order valence-corrected chi connectivity index (χ1v) is 8.59. The van der Waals surface area contributed by atoms with Crippen molar-refractivity contribution in [1.29, 1.82) is 0 Å². The third-order valence-electron chi connectivity index (χ3n) is 2.74. The first kappa shape index (κ1) is 15.8. The van der Waals surface area contributed by atoms with E-state index in [-0.39, 0.29) is 4.90 Å². The number of halogens is 1. The maximum absolute atomic E-state index is 12.3. The van der Waals surface area contributed by atoms with Crippen molar-refractivity contribution in [3.05, 3.63) is 46.7 Å². The highest BCUT2D eigenvalue weighted by Gasteiger charge is 2.15. The second kappa shape index (κ2) is 6.44. The number of anilines is 1. The average molecular weight is 371 g/mol. The van der Waals surface area contributed by atoms with E-state index in [1.54, 1.807) is 31.2 Å². The van der Waals surface area contributed by atoms with E-state index in [2.05, 4.69) is 25.6 Å². The summed E-state index contributed by atoms with van der Waals surface area (Å²) in [6.07, 6.45) is 0. The Labute approximate surface area is 132 Å². The number of aryl methyl sites for hydroxylation is 1. The van der Waals surface area contributed by atoms with Crippen LogP contribution in [0.3, 0.4) is 0 Å². The standard InChI is InChI=1S/C14H15BrN2O3S/c1-3-20-11-4-6-12(7-5-11)21(18,19)17-13-8-9-14(15)16-10(13)2/h4-9,17H,3H2,1-2H3. The predicted molar refractivity (Wildman–Crippen MR) is 85.1 cm³/mol. The minimum Gasteiger partial charge on any atom is -0.494 e. The van der Waals surface area contributed by atoms with Crippen molar-refractivity contribution in [2.45, 2.75) is 18.7 Å². The lowest BCUT2D eigenvalue weighted by Crippen LogP contribution is -2.14. The Hall–Kier alpha value is -1.60. The molecule has 0 aliphatic carbocycles. The summed E-state index contributed by atoms with van der Waals surface area (Å²) in [6, 6.07) is 9.63. The monoisotopic (exact) mass is 370 g/mol. The highest BCUT2D eigenvalue weighted by atomic mass is 79.9. The number of hydrogen-bond donors (Lipinski definition) is 1. The molecule has 0 aliphatic rings. The van der Waals surface area contributed by atoms with E-state index in [1.807, 2.05) is 6.92 Å². The lowest BCUT2D eigenvalue weighted by Gasteiger charge is -2.11. The van der Waals surface area contributed by atoms with Crippen molar-refractivity contribution in [3.63, 3.8) is 0 Å². The molecule has 1 heterocycles. The third kappa shape index (κ3) is 3.95. The molecule has 0 spiro atoms. The van der Waals surface area contributed by atoms with Crippen LogP contribution in [0, 0.1) is 6.92 Å². The van der Waals surface area contributed by atoms with Gasteiger partial charge in [-0.25, -0.2) is 13.4 Å². The molecule has 112 valence electrons. The van der Waals surface area contributed by atoms with Crippen molar-refractivity contribution in [1.82, 2.24) is 4.98 Å². The van der Waals surface area contributed by atoms with E-state index in [1.165, 1.54) is 12.1 Å². The van der Waals surface area contributed by atoms with Crippen LogP contribution in [0.2, 0.25) is 0 Å². The summed E-state index contributed by atoms with van der Waals surface area (Å²) >= 11 is 3.24. The Balaban J connectivity index is 2.25. The largest absolute Gasteiger partial charge is 0.494 e. The molecule has 0 aliphatic heterocycles. The molecule has 1 N–H and O–H groups in total. The van der Waals surface area contributed by atoms with Crippen molar-refractivity contribution in [3.8, 4) is 5.75 Å². The van der Waals surface area contributed by atoms with E-state index in [0.717, 1.165) is 0 Å². The number of sulfonamides is 1. The van der Waals surface area contributed by atoms with Gasteiger partial charge in [0.15, 0.2) is 0 Å². The fraction of sp³-hybridized carbons (Fsp3) is 0.214. The van der Waals surface area contributed by atoms with E-state index < -0.39 is 10.0 Å². The molecule has 0 amide bonds. The van der Waals surface area contributed by atoms with Gasteiger partial charge < -0.3 is 4.74 Å². The predicted octanol–water partition coefficient (Wildman–Crippen LogP) is 3.35. The van der Waals surface area contributed by atoms with Crippen LogP contribution in [0.1, 0.15) is 12.6 Å². The molecule has 0 unspecified atom stereocenters. The Kier molecular flexibility index (Phi) is 4.84. The van der Waals surface area contributed by atoms with Crippen LogP contribution in [0.25, 0.3) is 0 Å². The quantitative estimate of drug-likeness (QED) is 0.819. The molecule has 0 saturated heterocycles. The lowest BCUT2D eigenvalue weighted by molar-refractivity contribution is 0.340. The Bertz CT molecular complexity index is 730. The molecule has 1 aromatic carbocycles. The first-order valence-electron chi connectivity index (χ1n) is 6.31. The topological polar surface area (TPSA) is 68.3 Å². The number of nitrogens with zero attached hydrogens (tertiary/aromatic N) is 1. The van der Waals surface area contributed by atoms with Gasteiger partial charge in [0.1, 0.15) is 10.4 Å². The smallest absolute Gasteiger partial charge is 0.261 e. The third-order valence-corrected chi connectivity index (χ3v) is 4.56. The number of ether oxygens (including phenoxy) is 1. The van der Waals surface area contributed by atoms with Gasteiger partial charge in [0, 0.05) is 0 Å². The molecule has 7 heteroatoms. The van der Waals surface area contributed by atoms with Crippen molar-refractivity contribution < 1.29 is 13.2 Å². The summed E-state index contributed by atoms with van der Waals surface area (Å²) in [7, 11) is -3.64. The minimum absolute atomic E-state index is 0.174. The summed E-state index contributed by atoms with van der Waals surface area (Å²) < 4.78 is 33.1. The highest BCUT2D eigenvalue weighted by molar-refractivity contribution is 9.10. The molecular weight excluding hydrogens is 356 g/mol. The van der Waals surface area contributed by atoms with Gasteiger partial charge >= 0.3 is 0 Å². The van der Waals surface area contributed by atoms with Gasteiger partial charge in [-0.1, -0.05) is 0 Å². The molecule has 0 fully saturated rings. The molecule has 0 saturated carbocycles. The maximum atomic E-state index is 12.3. The van der Waals surface area contributed by atoms with E-state index >= 15 is 0 Å². The van der Waals surface area contributed by atoms with E-state index in [4.69, 9.17) is 4.74 Å². The summed E-state index contributed by atoms with van der Waals surface area (Å²) in [4.78, 5) is 4.33. The number of pyridine rings is 1. The normalized spacial score (nSPS) is 11.2. The number of aromatic nitrogens is 1. The molecule has 0 atom stereocenters. The van der Waals surface area contributed by atoms with Crippen molar-refractivity contribution >= 4 is 31.6 Å². The Morgan fingerprint density at radius 1 is 1.19 bits per heavy atom. The van der Waals surface area contributed by atoms with Gasteiger partial charge in [-0.05, 0) is 66.2 Å². The maximum Gasteiger partial charge on any atom is 0.261 e. The SMILES string of the molecule is CCOc1ccc(S(=O)(=O)Nc2ccc(Br)nc2C)cc1. The summed E-state index contributed by atoms with van der Waals surface area (Å²) in [5.41, 5.74) is 1.05. The first-order chi connectivity index (χ1) is 9.92. The zero-order chi connectivity index (χ0) is 15.5. The lowest BCUT2D eigenvalue weighted by atomic mass is 10.3. The summed E-state index contributed by atoms with van der Waals surface area (Å²) in [6.45, 7) is 4.14. The Morgan fingerprint density at radius 2 is 1.86 bits per heavy atom. The van der Waals surface area contributed by atoms with E-state index in [9.17, 15) is 8.42 Å². The fourth-order valence-electron chi connectivity index (χ4n) is 1.72. The van der Waals surface area contributed by atoms with Crippen molar-refractivity contribution in [2.24, 2.45) is 0 Å². The number of nitrogens with one attached hydrogen (secondary N) is 1. The highest BCUT2D eigenvalue weighted by Crippen LogP contribution is 2.22. The molecule has 5 nitrogen and oxygen atoms in total. The van der Waals surface area contributed by atoms with Crippen molar-refractivity contribution in [2.75, 3.05) is 11.3 Å². The molecule has 0 bridgehead atoms. The second-order valence-corrected chi connectivity index (χ2v) is 6.77. The van der Waals surface area contributed by atoms with Crippen LogP contribution in [0.4, 0.5) is 5.69 Å². The van der Waals surface area contributed by atoms with Crippen LogP contribution in [0.5, 0.6) is 5.75 Å². The molecule has 1 aromatic heterocycles. The van der Waals surface area contributed by atoms with Gasteiger partial charge in [-0.3, -0.25) is 4.72 Å². The summed E-state index contributed by atoms with van der Waals surface area (Å²) in [5, 5.41) is 0. The molecule has 0 radical (unpaired) electrons. The van der Waals surface area contributed by atoms with E-state index in [0.29, 0.717) is 28.3 Å².